The number of nitrogens with zero attached hydrogens (tertiary/aromatic N) is 3. The van der Waals surface area contributed by atoms with Crippen LogP contribution in [0.25, 0.3) is 0 Å². The molecule has 1 aromatic heterocycles. The van der Waals surface area contributed by atoms with Crippen molar-refractivity contribution in [2.45, 2.75) is 32.0 Å². The first kappa shape index (κ1) is 12.5. The Hall–Kier alpha value is -0.910. The van der Waals surface area contributed by atoms with E-state index in [1.165, 1.54) is 6.33 Å². The third-order valence-electron chi connectivity index (χ3n) is 3.00. The molecule has 94 valence electrons. The second-order valence-corrected chi connectivity index (χ2v) is 5.00. The van der Waals surface area contributed by atoms with Gasteiger partial charge in [0.25, 0.3) is 0 Å². The molecule has 0 aromatic carbocycles. The van der Waals surface area contributed by atoms with E-state index >= 15 is 0 Å². The number of aliphatic hydroxyl groups is 2. The van der Waals surface area contributed by atoms with E-state index in [9.17, 15) is 10.2 Å². The summed E-state index contributed by atoms with van der Waals surface area (Å²) in [4.78, 5) is 9.95. The standard InChI is InChI=1S/C11H16ClN3O2/c1-11(17)3-2-4-15(6-11)10-8(5-16)9(12)13-7-14-10/h7,16-17H,2-6H2,1H3. The molecule has 1 unspecified atom stereocenters. The lowest BCUT2D eigenvalue weighted by Crippen LogP contribution is -2.46. The Balaban J connectivity index is 2.30. The molecule has 1 aliphatic rings. The van der Waals surface area contributed by atoms with Gasteiger partial charge in [0.05, 0.1) is 17.8 Å². The minimum atomic E-state index is -0.720. The van der Waals surface area contributed by atoms with Crippen molar-refractivity contribution in [2.24, 2.45) is 0 Å². The molecule has 6 heteroatoms. The van der Waals surface area contributed by atoms with Gasteiger partial charge in [-0.1, -0.05) is 11.6 Å². The Kier molecular flexibility index (Phi) is 3.51. The molecular formula is C11H16ClN3O2. The monoisotopic (exact) mass is 257 g/mol. The van der Waals surface area contributed by atoms with E-state index in [-0.39, 0.29) is 11.8 Å². The molecule has 2 rings (SSSR count). The number of hydrogen-bond acceptors (Lipinski definition) is 5. The summed E-state index contributed by atoms with van der Waals surface area (Å²) in [5.74, 6) is 0.618. The third-order valence-corrected chi connectivity index (χ3v) is 3.33. The first-order valence-electron chi connectivity index (χ1n) is 5.61. The lowest BCUT2D eigenvalue weighted by Gasteiger charge is -2.38. The molecular weight excluding hydrogens is 242 g/mol. The summed E-state index contributed by atoms with van der Waals surface area (Å²) < 4.78 is 0. The average molecular weight is 258 g/mol. The molecule has 0 bridgehead atoms. The number of aromatic nitrogens is 2. The molecule has 0 spiro atoms. The molecule has 1 aromatic rings. The van der Waals surface area contributed by atoms with Gasteiger partial charge in [0, 0.05) is 13.1 Å². The Bertz CT molecular complexity index is 412. The van der Waals surface area contributed by atoms with E-state index in [0.717, 1.165) is 19.4 Å². The van der Waals surface area contributed by atoms with E-state index in [4.69, 9.17) is 11.6 Å². The highest BCUT2D eigenvalue weighted by Crippen LogP contribution is 2.28. The highest BCUT2D eigenvalue weighted by Gasteiger charge is 2.30. The van der Waals surface area contributed by atoms with Crippen LogP contribution in [0, 0.1) is 0 Å². The molecule has 1 fully saturated rings. The second kappa shape index (κ2) is 4.76. The highest BCUT2D eigenvalue weighted by atomic mass is 35.5. The van der Waals surface area contributed by atoms with Crippen molar-refractivity contribution in [3.05, 3.63) is 17.0 Å². The van der Waals surface area contributed by atoms with E-state index in [1.54, 1.807) is 6.92 Å². The van der Waals surface area contributed by atoms with Crippen LogP contribution in [0.5, 0.6) is 0 Å². The predicted octanol–water partition coefficient (Wildman–Crippen LogP) is 0.974. The fourth-order valence-corrected chi connectivity index (χ4v) is 2.38. The van der Waals surface area contributed by atoms with E-state index in [2.05, 4.69) is 9.97 Å². The second-order valence-electron chi connectivity index (χ2n) is 4.65. The molecule has 0 amide bonds. The molecule has 17 heavy (non-hydrogen) atoms. The Labute approximate surface area is 105 Å². The SMILES string of the molecule is CC1(O)CCCN(c2ncnc(Cl)c2CO)C1. The maximum absolute atomic E-state index is 10.1. The summed E-state index contributed by atoms with van der Waals surface area (Å²) >= 11 is 5.92. The quantitative estimate of drug-likeness (QED) is 0.773. The van der Waals surface area contributed by atoms with Gasteiger partial charge in [-0.15, -0.1) is 0 Å². The molecule has 1 saturated heterocycles. The smallest absolute Gasteiger partial charge is 0.140 e. The maximum Gasteiger partial charge on any atom is 0.140 e. The van der Waals surface area contributed by atoms with Crippen molar-refractivity contribution in [2.75, 3.05) is 18.0 Å². The zero-order valence-corrected chi connectivity index (χ0v) is 10.5. The fraction of sp³-hybridized carbons (Fsp3) is 0.636. The normalized spacial score (nSPS) is 25.1. The largest absolute Gasteiger partial charge is 0.391 e. The van der Waals surface area contributed by atoms with Gasteiger partial charge in [-0.25, -0.2) is 9.97 Å². The van der Waals surface area contributed by atoms with Crippen molar-refractivity contribution in [1.29, 1.82) is 0 Å². The number of hydrogen-bond donors (Lipinski definition) is 2. The van der Waals surface area contributed by atoms with Crippen LogP contribution in [0.4, 0.5) is 5.82 Å². The van der Waals surface area contributed by atoms with Gasteiger partial charge in [-0.05, 0) is 19.8 Å². The summed E-state index contributed by atoms with van der Waals surface area (Å²) in [5, 5.41) is 19.6. The van der Waals surface area contributed by atoms with Gasteiger partial charge in [0.1, 0.15) is 17.3 Å². The van der Waals surface area contributed by atoms with Crippen molar-refractivity contribution >= 4 is 17.4 Å². The van der Waals surface area contributed by atoms with Gasteiger partial charge in [0.15, 0.2) is 0 Å². The number of β-amino-alcohol motifs (C(OH)–C–C–N with tert-alkyl or cyclic N) is 1. The van der Waals surface area contributed by atoms with Crippen LogP contribution in [0.15, 0.2) is 6.33 Å². The van der Waals surface area contributed by atoms with Crippen LogP contribution >= 0.6 is 11.6 Å². The summed E-state index contributed by atoms with van der Waals surface area (Å²) in [6.45, 7) is 2.90. The number of piperidine rings is 1. The van der Waals surface area contributed by atoms with Gasteiger partial charge in [0.2, 0.25) is 0 Å². The van der Waals surface area contributed by atoms with Gasteiger partial charge < -0.3 is 15.1 Å². The summed E-state index contributed by atoms with van der Waals surface area (Å²) in [5.41, 5.74) is -0.200. The number of anilines is 1. The van der Waals surface area contributed by atoms with Crippen molar-refractivity contribution in [1.82, 2.24) is 9.97 Å². The molecule has 1 atom stereocenters. The van der Waals surface area contributed by atoms with Crippen LogP contribution in [0.2, 0.25) is 5.15 Å². The fourth-order valence-electron chi connectivity index (χ4n) is 2.19. The molecule has 0 saturated carbocycles. The topological polar surface area (TPSA) is 69.5 Å². The van der Waals surface area contributed by atoms with Crippen LogP contribution in [0.3, 0.4) is 0 Å². The van der Waals surface area contributed by atoms with E-state index in [1.807, 2.05) is 4.90 Å². The van der Waals surface area contributed by atoms with Crippen LogP contribution in [-0.4, -0.2) is 38.9 Å². The van der Waals surface area contributed by atoms with Gasteiger partial charge >= 0.3 is 0 Å². The minimum absolute atomic E-state index is 0.201. The number of aliphatic hydroxyl groups excluding tert-OH is 1. The predicted molar refractivity (Wildman–Crippen MR) is 65.0 cm³/mol. The lowest BCUT2D eigenvalue weighted by molar-refractivity contribution is 0.0446. The van der Waals surface area contributed by atoms with E-state index in [0.29, 0.717) is 17.9 Å². The van der Waals surface area contributed by atoms with Crippen LogP contribution < -0.4 is 4.90 Å². The van der Waals surface area contributed by atoms with Crippen LogP contribution in [-0.2, 0) is 6.61 Å². The molecule has 2 heterocycles. The third kappa shape index (κ3) is 2.68. The summed E-state index contributed by atoms with van der Waals surface area (Å²) in [6.07, 6.45) is 3.04. The minimum Gasteiger partial charge on any atom is -0.391 e. The zero-order chi connectivity index (χ0) is 12.5. The molecule has 2 N–H and O–H groups in total. The maximum atomic E-state index is 10.1. The first-order valence-corrected chi connectivity index (χ1v) is 5.99. The summed E-state index contributed by atoms with van der Waals surface area (Å²) in [6, 6.07) is 0. The highest BCUT2D eigenvalue weighted by molar-refractivity contribution is 6.30. The van der Waals surface area contributed by atoms with Crippen LogP contribution in [0.1, 0.15) is 25.3 Å². The zero-order valence-electron chi connectivity index (χ0n) is 9.73. The molecule has 5 nitrogen and oxygen atoms in total. The number of halogens is 1. The Morgan fingerprint density at radius 3 is 2.94 bits per heavy atom. The molecule has 1 aliphatic heterocycles. The molecule has 0 aliphatic carbocycles. The lowest BCUT2D eigenvalue weighted by atomic mass is 9.95. The molecule has 0 radical (unpaired) electrons. The average Bonchev–Trinajstić information content (AvgIpc) is 2.27. The van der Waals surface area contributed by atoms with Gasteiger partial charge in [-0.2, -0.15) is 0 Å². The van der Waals surface area contributed by atoms with Crippen molar-refractivity contribution in [3.8, 4) is 0 Å². The Morgan fingerprint density at radius 2 is 2.29 bits per heavy atom. The van der Waals surface area contributed by atoms with Gasteiger partial charge in [-0.3, -0.25) is 0 Å². The Morgan fingerprint density at radius 1 is 1.53 bits per heavy atom. The van der Waals surface area contributed by atoms with Crippen molar-refractivity contribution < 1.29 is 10.2 Å². The van der Waals surface area contributed by atoms with E-state index < -0.39 is 5.60 Å². The number of rotatable bonds is 2. The first-order chi connectivity index (χ1) is 8.03. The summed E-state index contributed by atoms with van der Waals surface area (Å²) in [7, 11) is 0. The van der Waals surface area contributed by atoms with Crippen molar-refractivity contribution in [3.63, 3.8) is 0 Å².